The molecule has 2 N–H and O–H groups in total. The number of hydrogen-bond acceptors (Lipinski definition) is 4. The second kappa shape index (κ2) is 11.5. The fourth-order valence-electron chi connectivity index (χ4n) is 3.06. The highest BCUT2D eigenvalue weighted by Crippen LogP contribution is 2.29. The molecule has 2 rings (SSSR count). The smallest absolute Gasteiger partial charge is 0.356 e. The molecule has 0 aromatic heterocycles. The molecule has 0 bridgehead atoms. The Kier molecular flexibility index (Phi) is 9.29. The Morgan fingerprint density at radius 1 is 1.30 bits per heavy atom. The lowest BCUT2D eigenvalue weighted by Gasteiger charge is -2.19. The zero-order valence-corrected chi connectivity index (χ0v) is 18.4. The number of likely N-dealkylation sites (tertiary alicyclic amines) is 1. The van der Waals surface area contributed by atoms with Crippen molar-refractivity contribution < 1.29 is 18.0 Å². The maximum Gasteiger partial charge on any atom is 0.416 e. The maximum absolute atomic E-state index is 12.7. The first kappa shape index (κ1) is 24.3. The summed E-state index contributed by atoms with van der Waals surface area (Å²) in [5.41, 5.74) is 0.226. The Balaban J connectivity index is 1.89. The number of nitrogens with zero attached hydrogens (tertiary/aromatic N) is 3. The van der Waals surface area contributed by atoms with E-state index in [1.807, 2.05) is 6.26 Å². The van der Waals surface area contributed by atoms with Gasteiger partial charge in [-0.2, -0.15) is 24.9 Å². The van der Waals surface area contributed by atoms with Crippen LogP contribution < -0.4 is 10.6 Å². The lowest BCUT2D eigenvalue weighted by molar-refractivity contribution is -0.137. The Labute approximate surface area is 180 Å². The first-order chi connectivity index (χ1) is 14.2. The Morgan fingerprint density at radius 3 is 2.60 bits per heavy atom. The Bertz CT molecular complexity index is 709. The summed E-state index contributed by atoms with van der Waals surface area (Å²) in [6.45, 7) is 3.01. The van der Waals surface area contributed by atoms with Crippen molar-refractivity contribution in [1.29, 1.82) is 0 Å². The monoisotopic (exact) mass is 445 g/mol. The van der Waals surface area contributed by atoms with E-state index in [0.29, 0.717) is 12.5 Å². The molecule has 10 heteroatoms. The van der Waals surface area contributed by atoms with Crippen molar-refractivity contribution in [3.8, 4) is 0 Å². The number of amides is 1. The van der Waals surface area contributed by atoms with Crippen molar-refractivity contribution >= 4 is 23.6 Å². The molecule has 1 aliphatic rings. The van der Waals surface area contributed by atoms with Crippen LogP contribution in [0.2, 0.25) is 0 Å². The van der Waals surface area contributed by atoms with Gasteiger partial charge in [-0.25, -0.2) is 4.99 Å². The molecule has 1 aromatic carbocycles. The molecule has 0 aliphatic carbocycles. The Morgan fingerprint density at radius 2 is 2.00 bits per heavy atom. The van der Waals surface area contributed by atoms with Crippen LogP contribution in [0, 0.1) is 0 Å². The summed E-state index contributed by atoms with van der Waals surface area (Å²) in [6, 6.07) is 5.49. The number of carbonyl (C=O) groups is 1. The second-order valence-electron chi connectivity index (χ2n) is 7.43. The van der Waals surface area contributed by atoms with E-state index in [4.69, 9.17) is 0 Å². The zero-order chi connectivity index (χ0) is 22.1. The van der Waals surface area contributed by atoms with Crippen LogP contribution in [0.15, 0.2) is 29.3 Å². The van der Waals surface area contributed by atoms with Gasteiger partial charge in [0.1, 0.15) is 6.54 Å². The van der Waals surface area contributed by atoms with Gasteiger partial charge in [0.15, 0.2) is 5.96 Å². The van der Waals surface area contributed by atoms with Crippen LogP contribution in [0.4, 0.5) is 13.2 Å². The summed E-state index contributed by atoms with van der Waals surface area (Å²) in [4.78, 5) is 19.9. The van der Waals surface area contributed by atoms with Crippen LogP contribution in [-0.4, -0.2) is 80.0 Å². The SMILES string of the molecule is CSCCNC(=NCC(=O)N(C)C)NC1CCN(Cc2ccc(C(F)(F)F)cc2)C1. The molecular formula is C20H30F3N5OS. The van der Waals surface area contributed by atoms with Crippen LogP contribution in [0.3, 0.4) is 0 Å². The van der Waals surface area contributed by atoms with Crippen molar-refractivity contribution in [2.75, 3.05) is 52.3 Å². The van der Waals surface area contributed by atoms with E-state index in [1.165, 1.54) is 17.0 Å². The minimum atomic E-state index is -4.31. The lowest BCUT2D eigenvalue weighted by atomic mass is 10.1. The van der Waals surface area contributed by atoms with E-state index >= 15 is 0 Å². The first-order valence-electron chi connectivity index (χ1n) is 9.81. The largest absolute Gasteiger partial charge is 0.416 e. The molecule has 1 aliphatic heterocycles. The molecule has 1 amide bonds. The number of aliphatic imine (C=N–C) groups is 1. The highest BCUT2D eigenvalue weighted by Gasteiger charge is 2.30. The van der Waals surface area contributed by atoms with E-state index in [9.17, 15) is 18.0 Å². The quantitative estimate of drug-likeness (QED) is 0.365. The highest BCUT2D eigenvalue weighted by atomic mass is 32.2. The van der Waals surface area contributed by atoms with Crippen LogP contribution >= 0.6 is 11.8 Å². The third kappa shape index (κ3) is 8.06. The average Bonchev–Trinajstić information content (AvgIpc) is 3.12. The minimum absolute atomic E-state index is 0.0729. The van der Waals surface area contributed by atoms with Gasteiger partial charge in [-0.05, 0) is 30.4 Å². The van der Waals surface area contributed by atoms with E-state index in [1.54, 1.807) is 25.9 Å². The van der Waals surface area contributed by atoms with Crippen LogP contribution in [0.1, 0.15) is 17.5 Å². The van der Waals surface area contributed by atoms with Crippen LogP contribution in [0.25, 0.3) is 0 Å². The zero-order valence-electron chi connectivity index (χ0n) is 17.6. The van der Waals surface area contributed by atoms with Crippen LogP contribution in [0.5, 0.6) is 0 Å². The number of alkyl halides is 3. The normalized spacial score (nSPS) is 17.8. The summed E-state index contributed by atoms with van der Waals surface area (Å²) >= 11 is 1.72. The van der Waals surface area contributed by atoms with Gasteiger partial charge in [0.2, 0.25) is 5.91 Å². The predicted octanol–water partition coefficient (Wildman–Crippen LogP) is 2.27. The van der Waals surface area contributed by atoms with E-state index in [-0.39, 0.29) is 18.5 Å². The van der Waals surface area contributed by atoms with Gasteiger partial charge in [-0.15, -0.1) is 0 Å². The standard InChI is InChI=1S/C20H30F3N5OS/c1-27(2)18(29)12-25-19(24-9-11-30-3)26-17-8-10-28(14-17)13-15-4-6-16(7-5-15)20(21,22)23/h4-7,17H,8-14H2,1-3H3,(H2,24,25,26). The van der Waals surface area contributed by atoms with Gasteiger partial charge < -0.3 is 15.5 Å². The molecule has 6 nitrogen and oxygen atoms in total. The number of thioether (sulfide) groups is 1. The lowest BCUT2D eigenvalue weighted by Crippen LogP contribution is -2.45. The number of guanidine groups is 1. The first-order valence-corrected chi connectivity index (χ1v) is 11.2. The van der Waals surface area contributed by atoms with Crippen molar-refractivity contribution in [2.24, 2.45) is 4.99 Å². The average molecular weight is 446 g/mol. The van der Waals surface area contributed by atoms with Gasteiger partial charge >= 0.3 is 6.18 Å². The van der Waals surface area contributed by atoms with Crippen molar-refractivity contribution in [3.63, 3.8) is 0 Å². The molecule has 0 saturated carbocycles. The summed E-state index contributed by atoms with van der Waals surface area (Å²) in [5, 5.41) is 6.63. The van der Waals surface area contributed by atoms with Crippen molar-refractivity contribution in [1.82, 2.24) is 20.4 Å². The molecule has 1 heterocycles. The van der Waals surface area contributed by atoms with Gasteiger partial charge in [-0.3, -0.25) is 9.69 Å². The van der Waals surface area contributed by atoms with Gasteiger partial charge in [0.05, 0.1) is 5.56 Å². The number of halogens is 3. The molecule has 1 atom stereocenters. The molecule has 1 saturated heterocycles. The van der Waals surface area contributed by atoms with Crippen LogP contribution in [-0.2, 0) is 17.5 Å². The molecule has 1 unspecified atom stereocenters. The fourth-order valence-corrected chi connectivity index (χ4v) is 3.36. The van der Waals surface area contributed by atoms with E-state index in [0.717, 1.165) is 49.5 Å². The number of carbonyl (C=O) groups excluding carboxylic acids is 1. The van der Waals surface area contributed by atoms with E-state index < -0.39 is 11.7 Å². The third-order valence-corrected chi connectivity index (χ3v) is 5.38. The van der Waals surface area contributed by atoms with Gasteiger partial charge in [-0.1, -0.05) is 12.1 Å². The minimum Gasteiger partial charge on any atom is -0.356 e. The summed E-state index contributed by atoms with van der Waals surface area (Å²) in [7, 11) is 3.39. The van der Waals surface area contributed by atoms with E-state index in [2.05, 4.69) is 20.5 Å². The number of likely N-dealkylation sites (N-methyl/N-ethyl adjacent to an activating group) is 1. The number of rotatable bonds is 8. The Hall–Kier alpha value is -1.94. The second-order valence-corrected chi connectivity index (χ2v) is 8.42. The van der Waals surface area contributed by atoms with Gasteiger partial charge in [0, 0.05) is 52.1 Å². The molecule has 1 fully saturated rings. The molecular weight excluding hydrogens is 415 g/mol. The molecule has 30 heavy (non-hydrogen) atoms. The molecule has 0 radical (unpaired) electrons. The number of nitrogens with one attached hydrogen (secondary N) is 2. The van der Waals surface area contributed by atoms with Crippen molar-refractivity contribution in [2.45, 2.75) is 25.2 Å². The molecule has 1 aromatic rings. The summed E-state index contributed by atoms with van der Waals surface area (Å²) in [5.74, 6) is 1.46. The fraction of sp³-hybridized carbons (Fsp3) is 0.600. The topological polar surface area (TPSA) is 60.0 Å². The predicted molar refractivity (Wildman–Crippen MR) is 116 cm³/mol. The third-order valence-electron chi connectivity index (χ3n) is 4.77. The molecule has 0 spiro atoms. The number of hydrogen-bond donors (Lipinski definition) is 2. The van der Waals surface area contributed by atoms with Gasteiger partial charge in [0.25, 0.3) is 0 Å². The highest BCUT2D eigenvalue weighted by molar-refractivity contribution is 7.98. The summed E-state index contributed by atoms with van der Waals surface area (Å²) < 4.78 is 38.1. The summed E-state index contributed by atoms with van der Waals surface area (Å²) in [6.07, 6.45) is -1.39. The number of benzene rings is 1. The van der Waals surface area contributed by atoms with Crippen molar-refractivity contribution in [3.05, 3.63) is 35.4 Å². The molecule has 168 valence electrons. The maximum atomic E-state index is 12.7.